The van der Waals surface area contributed by atoms with Gasteiger partial charge in [0, 0.05) is 25.2 Å². The SMILES string of the molecule is CC(Oc1cccc(C(C)C)c1)C(=O)N1CCC(c2nnc3ccccn23)CC1. The summed E-state index contributed by atoms with van der Waals surface area (Å²) >= 11 is 0. The van der Waals surface area contributed by atoms with E-state index >= 15 is 0 Å². The van der Waals surface area contributed by atoms with Crippen LogP contribution in [0.25, 0.3) is 5.65 Å². The monoisotopic (exact) mass is 392 g/mol. The molecule has 6 heteroatoms. The quantitative estimate of drug-likeness (QED) is 0.658. The Hall–Kier alpha value is -2.89. The lowest BCUT2D eigenvalue weighted by atomic mass is 9.95. The summed E-state index contributed by atoms with van der Waals surface area (Å²) in [5.41, 5.74) is 2.08. The maximum atomic E-state index is 12.9. The van der Waals surface area contributed by atoms with Gasteiger partial charge in [-0.2, -0.15) is 0 Å². The second-order valence-electron chi connectivity index (χ2n) is 8.07. The minimum atomic E-state index is -0.497. The zero-order valence-corrected chi connectivity index (χ0v) is 17.3. The molecule has 4 rings (SSSR count). The molecule has 1 aromatic carbocycles. The van der Waals surface area contributed by atoms with Crippen LogP contribution in [0.2, 0.25) is 0 Å². The third kappa shape index (κ3) is 4.11. The van der Waals surface area contributed by atoms with Crippen LogP contribution in [0.3, 0.4) is 0 Å². The lowest BCUT2D eigenvalue weighted by Crippen LogP contribution is -2.44. The molecule has 1 unspecified atom stereocenters. The third-order valence-electron chi connectivity index (χ3n) is 5.70. The predicted molar refractivity (Wildman–Crippen MR) is 112 cm³/mol. The first-order valence-electron chi connectivity index (χ1n) is 10.4. The van der Waals surface area contributed by atoms with Crippen LogP contribution < -0.4 is 4.74 Å². The average Bonchev–Trinajstić information content (AvgIpc) is 3.17. The van der Waals surface area contributed by atoms with Crippen LogP contribution >= 0.6 is 0 Å². The molecule has 0 aliphatic carbocycles. The van der Waals surface area contributed by atoms with Gasteiger partial charge >= 0.3 is 0 Å². The molecule has 1 fully saturated rings. The Bertz CT molecular complexity index is 989. The second kappa shape index (κ2) is 8.23. The summed E-state index contributed by atoms with van der Waals surface area (Å²) < 4.78 is 8.01. The number of ether oxygens (including phenoxy) is 1. The number of hydrogen-bond donors (Lipinski definition) is 0. The average molecular weight is 393 g/mol. The number of hydrogen-bond acceptors (Lipinski definition) is 4. The number of piperidine rings is 1. The Morgan fingerprint density at radius 1 is 1.07 bits per heavy atom. The molecule has 1 amide bonds. The number of aromatic nitrogens is 3. The molecule has 0 spiro atoms. The number of carbonyl (C=O) groups excluding carboxylic acids is 1. The van der Waals surface area contributed by atoms with E-state index in [1.807, 2.05) is 54.4 Å². The maximum absolute atomic E-state index is 12.9. The molecule has 3 aromatic rings. The van der Waals surface area contributed by atoms with Gasteiger partial charge in [0.05, 0.1) is 0 Å². The van der Waals surface area contributed by atoms with Gasteiger partial charge in [-0.1, -0.05) is 32.0 Å². The molecule has 2 aromatic heterocycles. The van der Waals surface area contributed by atoms with Crippen molar-refractivity contribution in [2.75, 3.05) is 13.1 Å². The fourth-order valence-electron chi connectivity index (χ4n) is 3.95. The molecule has 1 atom stereocenters. The molecule has 6 nitrogen and oxygen atoms in total. The van der Waals surface area contributed by atoms with Crippen molar-refractivity contribution in [3.05, 3.63) is 60.0 Å². The second-order valence-corrected chi connectivity index (χ2v) is 8.07. The Morgan fingerprint density at radius 2 is 1.86 bits per heavy atom. The van der Waals surface area contributed by atoms with Crippen molar-refractivity contribution in [3.8, 4) is 5.75 Å². The van der Waals surface area contributed by atoms with Crippen molar-refractivity contribution >= 4 is 11.6 Å². The van der Waals surface area contributed by atoms with Crippen LogP contribution in [0, 0.1) is 0 Å². The lowest BCUT2D eigenvalue weighted by Gasteiger charge is -2.33. The number of likely N-dealkylation sites (tertiary alicyclic amines) is 1. The first kappa shape index (κ1) is 19.4. The fraction of sp³-hybridized carbons (Fsp3) is 0.435. The lowest BCUT2D eigenvalue weighted by molar-refractivity contribution is -0.139. The van der Waals surface area contributed by atoms with Gasteiger partial charge in [-0.15, -0.1) is 10.2 Å². The molecule has 0 saturated carbocycles. The predicted octanol–water partition coefficient (Wildman–Crippen LogP) is 4.03. The molecule has 29 heavy (non-hydrogen) atoms. The molecular weight excluding hydrogens is 364 g/mol. The van der Waals surface area contributed by atoms with Gasteiger partial charge in [-0.05, 0) is 55.5 Å². The van der Waals surface area contributed by atoms with Crippen LogP contribution in [0.4, 0.5) is 0 Å². The van der Waals surface area contributed by atoms with Gasteiger partial charge in [-0.25, -0.2) is 0 Å². The summed E-state index contributed by atoms with van der Waals surface area (Å²) in [7, 11) is 0. The summed E-state index contributed by atoms with van der Waals surface area (Å²) in [4.78, 5) is 14.8. The molecule has 152 valence electrons. The van der Waals surface area contributed by atoms with E-state index in [1.54, 1.807) is 0 Å². The molecule has 1 saturated heterocycles. The zero-order chi connectivity index (χ0) is 20.4. The number of rotatable bonds is 5. The van der Waals surface area contributed by atoms with Crippen molar-refractivity contribution in [3.63, 3.8) is 0 Å². The van der Waals surface area contributed by atoms with Crippen molar-refractivity contribution in [2.45, 2.75) is 51.6 Å². The summed E-state index contributed by atoms with van der Waals surface area (Å²) in [5.74, 6) is 2.53. The number of pyridine rings is 1. The van der Waals surface area contributed by atoms with E-state index in [4.69, 9.17) is 4.74 Å². The van der Waals surface area contributed by atoms with E-state index in [2.05, 4.69) is 34.5 Å². The number of nitrogens with zero attached hydrogens (tertiary/aromatic N) is 4. The van der Waals surface area contributed by atoms with Crippen LogP contribution in [-0.4, -0.2) is 44.6 Å². The molecule has 3 heterocycles. The van der Waals surface area contributed by atoms with E-state index in [0.717, 1.165) is 30.1 Å². The Labute approximate surface area is 171 Å². The van der Waals surface area contributed by atoms with Gasteiger partial charge in [0.25, 0.3) is 5.91 Å². The smallest absolute Gasteiger partial charge is 0.263 e. The highest BCUT2D eigenvalue weighted by atomic mass is 16.5. The zero-order valence-electron chi connectivity index (χ0n) is 17.3. The summed E-state index contributed by atoms with van der Waals surface area (Å²) in [5, 5.41) is 8.64. The van der Waals surface area contributed by atoms with E-state index in [9.17, 15) is 4.79 Å². The third-order valence-corrected chi connectivity index (χ3v) is 5.70. The van der Waals surface area contributed by atoms with Crippen molar-refractivity contribution in [2.24, 2.45) is 0 Å². The first-order valence-corrected chi connectivity index (χ1v) is 10.4. The van der Waals surface area contributed by atoms with Crippen LogP contribution in [0.15, 0.2) is 48.7 Å². The molecule has 0 radical (unpaired) electrons. The highest BCUT2D eigenvalue weighted by molar-refractivity contribution is 5.81. The number of amides is 1. The first-order chi connectivity index (χ1) is 14.0. The summed E-state index contributed by atoms with van der Waals surface area (Å²) in [6.07, 6.45) is 3.28. The van der Waals surface area contributed by atoms with Gasteiger partial charge in [0.2, 0.25) is 0 Å². The minimum Gasteiger partial charge on any atom is -0.481 e. The summed E-state index contributed by atoms with van der Waals surface area (Å²) in [6, 6.07) is 13.9. The highest BCUT2D eigenvalue weighted by Gasteiger charge is 2.29. The minimum absolute atomic E-state index is 0.0458. The largest absolute Gasteiger partial charge is 0.481 e. The van der Waals surface area contributed by atoms with Gasteiger partial charge < -0.3 is 9.64 Å². The fourth-order valence-corrected chi connectivity index (χ4v) is 3.95. The maximum Gasteiger partial charge on any atom is 0.263 e. The van der Waals surface area contributed by atoms with E-state index in [0.29, 0.717) is 24.9 Å². The molecule has 1 aliphatic rings. The Kier molecular flexibility index (Phi) is 5.51. The number of benzene rings is 1. The number of carbonyl (C=O) groups is 1. The van der Waals surface area contributed by atoms with Crippen molar-refractivity contribution in [1.82, 2.24) is 19.5 Å². The topological polar surface area (TPSA) is 59.7 Å². The molecule has 0 bridgehead atoms. The Morgan fingerprint density at radius 3 is 2.62 bits per heavy atom. The molecule has 1 aliphatic heterocycles. The van der Waals surface area contributed by atoms with Crippen molar-refractivity contribution < 1.29 is 9.53 Å². The standard InChI is InChI=1S/C23H28N4O2/c1-16(2)19-7-6-8-20(15-19)29-17(3)23(28)26-13-10-18(11-14-26)22-25-24-21-9-4-5-12-27(21)22/h4-9,12,15-18H,10-11,13-14H2,1-3H3. The van der Waals surface area contributed by atoms with Crippen LogP contribution in [0.1, 0.15) is 56.8 Å². The number of fused-ring (bicyclic) bond motifs is 1. The highest BCUT2D eigenvalue weighted by Crippen LogP contribution is 2.28. The normalized spacial score (nSPS) is 16.3. The summed E-state index contributed by atoms with van der Waals surface area (Å²) in [6.45, 7) is 7.56. The van der Waals surface area contributed by atoms with E-state index in [1.165, 1.54) is 5.56 Å². The molecular formula is C23H28N4O2. The van der Waals surface area contributed by atoms with E-state index < -0.39 is 6.10 Å². The van der Waals surface area contributed by atoms with Crippen LogP contribution in [-0.2, 0) is 4.79 Å². The van der Waals surface area contributed by atoms with Crippen molar-refractivity contribution in [1.29, 1.82) is 0 Å². The van der Waals surface area contributed by atoms with E-state index in [-0.39, 0.29) is 5.91 Å². The molecule has 0 N–H and O–H groups in total. The Balaban J connectivity index is 1.36. The van der Waals surface area contributed by atoms with Gasteiger partial charge in [-0.3, -0.25) is 9.20 Å². The van der Waals surface area contributed by atoms with Crippen LogP contribution in [0.5, 0.6) is 5.75 Å². The van der Waals surface area contributed by atoms with Gasteiger partial charge in [0.1, 0.15) is 11.6 Å². The van der Waals surface area contributed by atoms with Gasteiger partial charge in [0.15, 0.2) is 11.8 Å².